The molecule has 1 unspecified atom stereocenters. The number of rotatable bonds is 5. The predicted molar refractivity (Wildman–Crippen MR) is 65.1 cm³/mol. The zero-order chi connectivity index (χ0) is 14.6. The second-order valence-corrected chi connectivity index (χ2v) is 4.03. The molecule has 1 rings (SSSR count). The van der Waals surface area contributed by atoms with Crippen LogP contribution in [0.4, 0.5) is 18.9 Å². The van der Waals surface area contributed by atoms with E-state index in [1.807, 2.05) is 0 Å². The number of alkyl halides is 3. The molecule has 0 bridgehead atoms. The zero-order valence-corrected chi connectivity index (χ0v) is 11.0. The van der Waals surface area contributed by atoms with Crippen LogP contribution >= 0.6 is 11.6 Å². The number of aliphatic hydroxyl groups excluding tert-OH is 1. The smallest absolute Gasteiger partial charge is 0.416 e. The second kappa shape index (κ2) is 6.21. The Hall–Kier alpha value is -1.34. The van der Waals surface area contributed by atoms with Crippen LogP contribution in [0, 0.1) is 0 Å². The highest BCUT2D eigenvalue weighted by Gasteiger charge is 2.37. The van der Waals surface area contributed by atoms with E-state index in [0.717, 1.165) is 0 Å². The lowest BCUT2D eigenvalue weighted by Crippen LogP contribution is -2.35. The molecule has 8 heteroatoms. The fraction of sp³-hybridized carbons (Fsp3) is 0.455. The van der Waals surface area contributed by atoms with E-state index in [0.29, 0.717) is 5.75 Å². The van der Waals surface area contributed by atoms with Crippen molar-refractivity contribution >= 4 is 17.3 Å². The first-order chi connectivity index (χ1) is 8.79. The van der Waals surface area contributed by atoms with Crippen molar-refractivity contribution in [3.63, 3.8) is 0 Å². The quantitative estimate of drug-likeness (QED) is 0.878. The van der Waals surface area contributed by atoms with Gasteiger partial charge in [-0.3, -0.25) is 0 Å². The standard InChI is InChI=1S/C11H13ClF3NO3/c1-18-8-4-9(19-2)7(3-6(8)12)16-5-10(17)11(13,14)15/h3-4,10,16-17H,5H2,1-2H3. The summed E-state index contributed by atoms with van der Waals surface area (Å²) in [5, 5.41) is 11.5. The van der Waals surface area contributed by atoms with Crippen molar-refractivity contribution in [1.29, 1.82) is 0 Å². The van der Waals surface area contributed by atoms with Crippen molar-refractivity contribution in [2.75, 3.05) is 26.1 Å². The molecule has 0 saturated heterocycles. The Kier molecular flexibility index (Phi) is 5.13. The van der Waals surface area contributed by atoms with Gasteiger partial charge in [0.25, 0.3) is 0 Å². The minimum Gasteiger partial charge on any atom is -0.495 e. The first-order valence-corrected chi connectivity index (χ1v) is 5.57. The van der Waals surface area contributed by atoms with Crippen molar-refractivity contribution in [2.24, 2.45) is 0 Å². The van der Waals surface area contributed by atoms with Gasteiger partial charge in [0.1, 0.15) is 11.5 Å². The van der Waals surface area contributed by atoms with E-state index in [1.54, 1.807) is 0 Å². The van der Waals surface area contributed by atoms with E-state index in [9.17, 15) is 13.2 Å². The Labute approximate surface area is 113 Å². The third-order valence-electron chi connectivity index (χ3n) is 2.34. The van der Waals surface area contributed by atoms with Gasteiger partial charge < -0.3 is 19.9 Å². The van der Waals surface area contributed by atoms with Crippen molar-refractivity contribution in [2.45, 2.75) is 12.3 Å². The zero-order valence-electron chi connectivity index (χ0n) is 10.2. The van der Waals surface area contributed by atoms with Crippen molar-refractivity contribution in [3.8, 4) is 11.5 Å². The van der Waals surface area contributed by atoms with Crippen LogP contribution in [0.2, 0.25) is 5.02 Å². The first-order valence-electron chi connectivity index (χ1n) is 5.19. The minimum absolute atomic E-state index is 0.215. The normalized spacial score (nSPS) is 13.0. The molecule has 108 valence electrons. The molecule has 0 radical (unpaired) electrons. The maximum atomic E-state index is 12.2. The number of nitrogens with one attached hydrogen (secondary N) is 1. The van der Waals surface area contributed by atoms with Crippen LogP contribution in [0.25, 0.3) is 0 Å². The molecule has 4 nitrogen and oxygen atoms in total. The van der Waals surface area contributed by atoms with Gasteiger partial charge in [-0.1, -0.05) is 11.6 Å². The summed E-state index contributed by atoms with van der Waals surface area (Å²) in [5.41, 5.74) is 0.233. The summed E-state index contributed by atoms with van der Waals surface area (Å²) in [6.07, 6.45) is -7.16. The van der Waals surface area contributed by atoms with Gasteiger partial charge in [0, 0.05) is 12.6 Å². The van der Waals surface area contributed by atoms with E-state index in [4.69, 9.17) is 26.2 Å². The monoisotopic (exact) mass is 299 g/mol. The molecular weight excluding hydrogens is 287 g/mol. The van der Waals surface area contributed by atoms with Crippen LogP contribution < -0.4 is 14.8 Å². The molecule has 0 fully saturated rings. The Balaban J connectivity index is 2.86. The highest BCUT2D eigenvalue weighted by Crippen LogP contribution is 2.36. The van der Waals surface area contributed by atoms with Gasteiger partial charge in [-0.2, -0.15) is 13.2 Å². The topological polar surface area (TPSA) is 50.7 Å². The van der Waals surface area contributed by atoms with Crippen LogP contribution in [0.3, 0.4) is 0 Å². The van der Waals surface area contributed by atoms with Crippen LogP contribution in [0.1, 0.15) is 0 Å². The third kappa shape index (κ3) is 4.07. The molecule has 0 aliphatic rings. The molecule has 19 heavy (non-hydrogen) atoms. The lowest BCUT2D eigenvalue weighted by molar-refractivity contribution is -0.198. The number of hydrogen-bond acceptors (Lipinski definition) is 4. The largest absolute Gasteiger partial charge is 0.495 e. The summed E-state index contributed by atoms with van der Waals surface area (Å²) >= 11 is 5.86. The average Bonchev–Trinajstić information content (AvgIpc) is 2.34. The molecule has 0 spiro atoms. The molecule has 1 aromatic rings. The van der Waals surface area contributed by atoms with Gasteiger partial charge in [-0.15, -0.1) is 0 Å². The Morgan fingerprint density at radius 2 is 1.84 bits per heavy atom. The van der Waals surface area contributed by atoms with Gasteiger partial charge >= 0.3 is 6.18 Å². The van der Waals surface area contributed by atoms with Crippen LogP contribution in [-0.2, 0) is 0 Å². The summed E-state index contributed by atoms with van der Waals surface area (Å²) in [7, 11) is 2.76. The molecule has 2 N–H and O–H groups in total. The van der Waals surface area contributed by atoms with Crippen LogP contribution in [-0.4, -0.2) is 38.2 Å². The number of hydrogen-bond donors (Lipinski definition) is 2. The Bertz CT molecular complexity index is 440. The highest BCUT2D eigenvalue weighted by molar-refractivity contribution is 6.32. The fourth-order valence-electron chi connectivity index (χ4n) is 1.32. The Morgan fingerprint density at radius 1 is 1.26 bits per heavy atom. The van der Waals surface area contributed by atoms with E-state index in [1.165, 1.54) is 26.4 Å². The Morgan fingerprint density at radius 3 is 2.32 bits per heavy atom. The summed E-state index contributed by atoms with van der Waals surface area (Å²) < 4.78 is 46.4. The first kappa shape index (κ1) is 15.7. The summed E-state index contributed by atoms with van der Waals surface area (Å²) in [6, 6.07) is 2.80. The second-order valence-electron chi connectivity index (χ2n) is 3.63. The number of methoxy groups -OCH3 is 2. The van der Waals surface area contributed by atoms with E-state index in [2.05, 4.69) is 5.32 Å². The minimum atomic E-state index is -4.68. The van der Waals surface area contributed by atoms with Crippen molar-refractivity contribution in [1.82, 2.24) is 0 Å². The molecule has 0 saturated carbocycles. The number of anilines is 1. The number of benzene rings is 1. The molecule has 1 aromatic carbocycles. The third-order valence-corrected chi connectivity index (χ3v) is 2.63. The van der Waals surface area contributed by atoms with Gasteiger partial charge in [0.2, 0.25) is 0 Å². The molecule has 0 aliphatic carbocycles. The fourth-order valence-corrected chi connectivity index (χ4v) is 1.56. The summed E-state index contributed by atoms with van der Waals surface area (Å²) in [4.78, 5) is 0. The maximum Gasteiger partial charge on any atom is 0.416 e. The molecule has 0 aromatic heterocycles. The average molecular weight is 300 g/mol. The maximum absolute atomic E-state index is 12.2. The predicted octanol–water partition coefficient (Wildman–Crippen LogP) is 2.69. The van der Waals surface area contributed by atoms with Gasteiger partial charge in [-0.05, 0) is 6.07 Å². The number of ether oxygens (including phenoxy) is 2. The van der Waals surface area contributed by atoms with Gasteiger partial charge in [-0.25, -0.2) is 0 Å². The lowest BCUT2D eigenvalue weighted by atomic mass is 10.2. The summed E-state index contributed by atoms with van der Waals surface area (Å²) in [5.74, 6) is 0.594. The lowest BCUT2D eigenvalue weighted by Gasteiger charge is -2.18. The van der Waals surface area contributed by atoms with E-state index < -0.39 is 18.8 Å². The number of halogens is 4. The number of aliphatic hydroxyl groups is 1. The molecular formula is C11H13ClF3NO3. The van der Waals surface area contributed by atoms with Crippen molar-refractivity contribution in [3.05, 3.63) is 17.2 Å². The molecule has 1 atom stereocenters. The molecule has 0 heterocycles. The summed E-state index contributed by atoms with van der Waals surface area (Å²) in [6.45, 7) is -0.706. The molecule has 0 amide bonds. The highest BCUT2D eigenvalue weighted by atomic mass is 35.5. The van der Waals surface area contributed by atoms with Gasteiger partial charge in [0.05, 0.1) is 24.9 Å². The van der Waals surface area contributed by atoms with E-state index in [-0.39, 0.29) is 16.5 Å². The van der Waals surface area contributed by atoms with Gasteiger partial charge in [0.15, 0.2) is 6.10 Å². The van der Waals surface area contributed by atoms with Crippen molar-refractivity contribution < 1.29 is 27.8 Å². The van der Waals surface area contributed by atoms with Crippen LogP contribution in [0.5, 0.6) is 11.5 Å². The van der Waals surface area contributed by atoms with E-state index >= 15 is 0 Å². The SMILES string of the molecule is COc1cc(OC)c(NCC(O)C(F)(F)F)cc1Cl. The van der Waals surface area contributed by atoms with Crippen LogP contribution in [0.15, 0.2) is 12.1 Å². The molecule has 0 aliphatic heterocycles.